The van der Waals surface area contributed by atoms with Crippen LogP contribution in [0.1, 0.15) is 31.4 Å². The lowest BCUT2D eigenvalue weighted by Gasteiger charge is -2.12. The van der Waals surface area contributed by atoms with Gasteiger partial charge in [0.2, 0.25) is 0 Å². The van der Waals surface area contributed by atoms with Gasteiger partial charge in [-0.15, -0.1) is 0 Å². The van der Waals surface area contributed by atoms with Crippen molar-refractivity contribution in [2.75, 3.05) is 12.3 Å². The molecule has 1 N–H and O–H groups in total. The number of hydrogen-bond donors (Lipinski definition) is 1. The average Bonchev–Trinajstić information content (AvgIpc) is 2.29. The lowest BCUT2D eigenvalue weighted by atomic mass is 10.2. The van der Waals surface area contributed by atoms with Crippen molar-refractivity contribution in [2.45, 2.75) is 45.1 Å². The number of rotatable bonds is 6. The molecule has 2 unspecified atom stereocenters. The van der Waals surface area contributed by atoms with E-state index in [1.165, 1.54) is 5.56 Å². The minimum atomic E-state index is -0.869. The summed E-state index contributed by atoms with van der Waals surface area (Å²) in [7, 11) is -0.869. The van der Waals surface area contributed by atoms with Crippen molar-refractivity contribution in [3.8, 4) is 0 Å². The van der Waals surface area contributed by atoms with Gasteiger partial charge in [0.15, 0.2) is 0 Å². The summed E-state index contributed by atoms with van der Waals surface area (Å²) in [5, 5.41) is 3.34. The molecule has 0 bridgehead atoms. The van der Waals surface area contributed by atoms with E-state index in [2.05, 4.69) is 31.3 Å². The third-order valence-corrected chi connectivity index (χ3v) is 4.41. The van der Waals surface area contributed by atoms with Gasteiger partial charge in [-0.3, -0.25) is 4.21 Å². The first-order chi connectivity index (χ1) is 8.04. The molecule has 1 aromatic rings. The predicted octanol–water partition coefficient (Wildman–Crippen LogP) is 2.80. The van der Waals surface area contributed by atoms with Gasteiger partial charge in [-0.25, -0.2) is 0 Å². The van der Waals surface area contributed by atoms with E-state index in [-0.39, 0.29) is 0 Å². The predicted molar refractivity (Wildman–Crippen MR) is 74.9 cm³/mol. The van der Waals surface area contributed by atoms with E-state index in [4.69, 9.17) is 0 Å². The fraction of sp³-hybridized carbons (Fsp3) is 0.571. The molecule has 2 atom stereocenters. The zero-order chi connectivity index (χ0) is 12.8. The molecule has 96 valence electrons. The molecule has 0 saturated carbocycles. The molecule has 2 nitrogen and oxygen atoms in total. The maximum atomic E-state index is 12.2. The summed E-state index contributed by atoms with van der Waals surface area (Å²) in [4.78, 5) is 0.994. The van der Waals surface area contributed by atoms with E-state index >= 15 is 0 Å². The Labute approximate surface area is 107 Å². The highest BCUT2D eigenvalue weighted by molar-refractivity contribution is 7.85. The maximum Gasteiger partial charge on any atom is 0.0532 e. The molecule has 3 heteroatoms. The lowest BCUT2D eigenvalue weighted by molar-refractivity contribution is 0.553. The Morgan fingerprint density at radius 3 is 2.71 bits per heavy atom. The van der Waals surface area contributed by atoms with Gasteiger partial charge in [0.05, 0.1) is 10.8 Å². The number of hydrogen-bond acceptors (Lipinski definition) is 2. The van der Waals surface area contributed by atoms with Gasteiger partial charge < -0.3 is 5.32 Å². The number of benzene rings is 1. The van der Waals surface area contributed by atoms with Crippen molar-refractivity contribution in [1.82, 2.24) is 5.32 Å². The molecular formula is C14H23NOS. The topological polar surface area (TPSA) is 29.1 Å². The van der Waals surface area contributed by atoms with Crippen LogP contribution in [-0.4, -0.2) is 22.5 Å². The first-order valence-electron chi connectivity index (χ1n) is 6.23. The van der Waals surface area contributed by atoms with Crippen molar-refractivity contribution >= 4 is 10.8 Å². The zero-order valence-electron chi connectivity index (χ0n) is 11.2. The second-order valence-electron chi connectivity index (χ2n) is 4.57. The molecule has 0 heterocycles. The molecule has 0 aliphatic heterocycles. The molecular weight excluding hydrogens is 230 g/mol. The highest BCUT2D eigenvalue weighted by Gasteiger charge is 2.09. The van der Waals surface area contributed by atoms with E-state index in [0.717, 1.165) is 29.2 Å². The summed E-state index contributed by atoms with van der Waals surface area (Å²) in [5.41, 5.74) is 2.31. The quantitative estimate of drug-likeness (QED) is 0.844. The molecule has 0 aromatic heterocycles. The maximum absolute atomic E-state index is 12.2. The Morgan fingerprint density at radius 2 is 2.06 bits per heavy atom. The third kappa shape index (κ3) is 4.60. The third-order valence-electron chi connectivity index (χ3n) is 2.88. The molecule has 17 heavy (non-hydrogen) atoms. The first-order valence-corrected chi connectivity index (χ1v) is 7.55. The smallest absolute Gasteiger partial charge is 0.0532 e. The van der Waals surface area contributed by atoms with E-state index in [9.17, 15) is 4.21 Å². The summed E-state index contributed by atoms with van der Waals surface area (Å²) < 4.78 is 12.2. The Morgan fingerprint density at radius 1 is 1.35 bits per heavy atom. The van der Waals surface area contributed by atoms with Crippen molar-refractivity contribution in [2.24, 2.45) is 0 Å². The molecule has 0 fully saturated rings. The van der Waals surface area contributed by atoms with E-state index in [1.807, 2.05) is 19.9 Å². The minimum Gasteiger partial charge on any atom is -0.315 e. The Bertz CT molecular complexity index is 390. The standard InChI is InChI=1S/C14H23NOS/c1-5-15-13(4)8-9-17(16)14-10-11(2)6-7-12(14)3/h6-7,10,13,15H,5,8-9H2,1-4H3. The van der Waals surface area contributed by atoms with Crippen LogP contribution in [-0.2, 0) is 10.8 Å². The molecule has 1 rings (SSSR count). The second kappa shape index (κ2) is 6.92. The molecule has 0 amide bonds. The summed E-state index contributed by atoms with van der Waals surface area (Å²) in [6, 6.07) is 6.60. The first kappa shape index (κ1) is 14.4. The van der Waals surface area contributed by atoms with E-state index in [1.54, 1.807) is 0 Å². The van der Waals surface area contributed by atoms with E-state index in [0.29, 0.717) is 6.04 Å². The van der Waals surface area contributed by atoms with Crippen molar-refractivity contribution < 1.29 is 4.21 Å². The fourth-order valence-electron chi connectivity index (χ4n) is 1.80. The Kier molecular flexibility index (Phi) is 5.86. The number of nitrogens with one attached hydrogen (secondary N) is 1. The molecule has 0 aliphatic carbocycles. The monoisotopic (exact) mass is 253 g/mol. The highest BCUT2D eigenvalue weighted by atomic mass is 32.2. The SMILES string of the molecule is CCNC(C)CCS(=O)c1cc(C)ccc1C. The van der Waals surface area contributed by atoms with Crippen molar-refractivity contribution in [1.29, 1.82) is 0 Å². The normalized spacial score (nSPS) is 14.6. The molecule has 1 aromatic carbocycles. The van der Waals surface area contributed by atoms with Gasteiger partial charge in [0, 0.05) is 16.7 Å². The van der Waals surface area contributed by atoms with Gasteiger partial charge in [-0.05, 0) is 50.9 Å². The van der Waals surface area contributed by atoms with Gasteiger partial charge in [0.1, 0.15) is 0 Å². The summed E-state index contributed by atoms with van der Waals surface area (Å²) >= 11 is 0. The summed E-state index contributed by atoms with van der Waals surface area (Å²) in [5.74, 6) is 0.735. The van der Waals surface area contributed by atoms with E-state index < -0.39 is 10.8 Å². The largest absolute Gasteiger partial charge is 0.315 e. The molecule has 0 radical (unpaired) electrons. The fourth-order valence-corrected chi connectivity index (χ4v) is 3.33. The van der Waals surface area contributed by atoms with Crippen LogP contribution in [0.3, 0.4) is 0 Å². The van der Waals surface area contributed by atoms with Crippen LogP contribution in [0.5, 0.6) is 0 Å². The lowest BCUT2D eigenvalue weighted by Crippen LogP contribution is -2.27. The van der Waals surface area contributed by atoms with Crippen molar-refractivity contribution in [3.05, 3.63) is 29.3 Å². The van der Waals surface area contributed by atoms with Gasteiger partial charge in [-0.1, -0.05) is 19.1 Å². The number of aryl methyl sites for hydroxylation is 2. The zero-order valence-corrected chi connectivity index (χ0v) is 12.1. The minimum absolute atomic E-state index is 0.439. The van der Waals surface area contributed by atoms with Crippen LogP contribution in [0, 0.1) is 13.8 Å². The van der Waals surface area contributed by atoms with Crippen LogP contribution < -0.4 is 5.32 Å². The highest BCUT2D eigenvalue weighted by Crippen LogP contribution is 2.16. The Balaban J connectivity index is 2.61. The van der Waals surface area contributed by atoms with Crippen LogP contribution in [0.15, 0.2) is 23.1 Å². The Hall–Kier alpha value is -0.670. The van der Waals surface area contributed by atoms with Gasteiger partial charge in [-0.2, -0.15) is 0 Å². The summed E-state index contributed by atoms with van der Waals surface area (Å²) in [6.45, 7) is 9.28. The average molecular weight is 253 g/mol. The van der Waals surface area contributed by atoms with Gasteiger partial charge >= 0.3 is 0 Å². The van der Waals surface area contributed by atoms with Crippen LogP contribution in [0.25, 0.3) is 0 Å². The van der Waals surface area contributed by atoms with Crippen LogP contribution >= 0.6 is 0 Å². The van der Waals surface area contributed by atoms with Crippen LogP contribution in [0.4, 0.5) is 0 Å². The van der Waals surface area contributed by atoms with Crippen LogP contribution in [0.2, 0.25) is 0 Å². The molecule has 0 saturated heterocycles. The molecule has 0 spiro atoms. The summed E-state index contributed by atoms with van der Waals surface area (Å²) in [6.07, 6.45) is 0.952. The molecule has 0 aliphatic rings. The van der Waals surface area contributed by atoms with Gasteiger partial charge in [0.25, 0.3) is 0 Å². The van der Waals surface area contributed by atoms with Crippen molar-refractivity contribution in [3.63, 3.8) is 0 Å². The second-order valence-corrected chi connectivity index (χ2v) is 6.11.